The lowest BCUT2D eigenvalue weighted by Gasteiger charge is -2.18. The minimum atomic E-state index is 0. The highest BCUT2D eigenvalue weighted by molar-refractivity contribution is 14.0. The summed E-state index contributed by atoms with van der Waals surface area (Å²) in [6.45, 7) is 3.03. The van der Waals surface area contributed by atoms with Crippen LogP contribution in [-0.4, -0.2) is 33.3 Å². The zero-order valence-electron chi connectivity index (χ0n) is 16.2. The average molecular weight is 494 g/mol. The Morgan fingerprint density at radius 3 is 2.50 bits per heavy atom. The van der Waals surface area contributed by atoms with Gasteiger partial charge in [-0.3, -0.25) is 0 Å². The lowest BCUT2D eigenvalue weighted by Crippen LogP contribution is -2.31. The summed E-state index contributed by atoms with van der Waals surface area (Å²) in [5.41, 5.74) is 9.40. The molecule has 0 saturated heterocycles. The fourth-order valence-electron chi connectivity index (χ4n) is 2.96. The number of benzene rings is 2. The second kappa shape index (κ2) is 10.8. The van der Waals surface area contributed by atoms with Gasteiger partial charge in [-0.15, -0.1) is 24.0 Å². The molecule has 1 aliphatic rings. The van der Waals surface area contributed by atoms with Crippen molar-refractivity contribution in [3.05, 3.63) is 65.7 Å². The fraction of sp³-hybridized carbons (Fsp3) is 0.286. The Hall–Kier alpha value is -2.42. The van der Waals surface area contributed by atoms with E-state index in [9.17, 15) is 0 Å². The predicted molar refractivity (Wildman–Crippen MR) is 125 cm³/mol. The molecule has 0 spiro atoms. The molecular formula is C21H27IN4O2. The molecule has 150 valence electrons. The third-order valence-corrected chi connectivity index (χ3v) is 4.45. The van der Waals surface area contributed by atoms with E-state index < -0.39 is 0 Å². The Morgan fingerprint density at radius 1 is 1.04 bits per heavy atom. The Kier molecular flexibility index (Phi) is 8.43. The first-order valence-electron chi connectivity index (χ1n) is 8.93. The van der Waals surface area contributed by atoms with Gasteiger partial charge in [0.2, 0.25) is 0 Å². The van der Waals surface area contributed by atoms with E-state index in [1.54, 1.807) is 14.2 Å². The first-order valence-corrected chi connectivity index (χ1v) is 8.93. The topological polar surface area (TPSA) is 72.1 Å². The molecule has 28 heavy (non-hydrogen) atoms. The number of halogens is 1. The van der Waals surface area contributed by atoms with E-state index in [0.717, 1.165) is 24.2 Å². The fourth-order valence-corrected chi connectivity index (χ4v) is 2.96. The van der Waals surface area contributed by atoms with Crippen LogP contribution in [0.2, 0.25) is 0 Å². The van der Waals surface area contributed by atoms with Gasteiger partial charge in [0.1, 0.15) is 0 Å². The zero-order valence-corrected chi connectivity index (χ0v) is 18.6. The third kappa shape index (κ3) is 5.79. The number of nitrogens with zero attached hydrogens (tertiary/aromatic N) is 2. The van der Waals surface area contributed by atoms with Crippen molar-refractivity contribution in [3.8, 4) is 11.5 Å². The number of guanidine groups is 1. The number of hydrogen-bond donors (Lipinski definition) is 2. The van der Waals surface area contributed by atoms with Crippen molar-refractivity contribution >= 4 is 35.6 Å². The number of nitrogens with two attached hydrogens (primary N) is 1. The van der Waals surface area contributed by atoms with E-state index in [1.165, 1.54) is 5.69 Å². The summed E-state index contributed by atoms with van der Waals surface area (Å²) in [5, 5.41) is 3.14. The van der Waals surface area contributed by atoms with Crippen molar-refractivity contribution in [3.63, 3.8) is 0 Å². The molecule has 3 rings (SSSR count). The molecule has 0 aromatic heterocycles. The van der Waals surface area contributed by atoms with Crippen molar-refractivity contribution in [1.29, 1.82) is 0 Å². The highest BCUT2D eigenvalue weighted by Crippen LogP contribution is 2.27. The molecule has 2 aromatic carbocycles. The number of aliphatic imine (C=N–C) groups is 1. The highest BCUT2D eigenvalue weighted by atomic mass is 127. The van der Waals surface area contributed by atoms with Gasteiger partial charge < -0.3 is 25.4 Å². The second-order valence-corrected chi connectivity index (χ2v) is 6.29. The monoisotopic (exact) mass is 494 g/mol. The number of ether oxygens (including phenoxy) is 2. The quantitative estimate of drug-likeness (QED) is 0.268. The van der Waals surface area contributed by atoms with Gasteiger partial charge in [0.25, 0.3) is 0 Å². The van der Waals surface area contributed by atoms with Crippen molar-refractivity contribution < 1.29 is 9.47 Å². The molecule has 1 heterocycles. The third-order valence-electron chi connectivity index (χ3n) is 4.45. The molecule has 0 aliphatic carbocycles. The maximum Gasteiger partial charge on any atom is 0.189 e. The molecule has 3 N–H and O–H groups in total. The highest BCUT2D eigenvalue weighted by Gasteiger charge is 2.08. The van der Waals surface area contributed by atoms with Gasteiger partial charge in [-0.05, 0) is 35.4 Å². The van der Waals surface area contributed by atoms with Gasteiger partial charge in [-0.2, -0.15) is 0 Å². The molecule has 2 aromatic rings. The van der Waals surface area contributed by atoms with Crippen LogP contribution in [-0.2, 0) is 13.1 Å². The Labute approximate surface area is 183 Å². The molecule has 0 radical (unpaired) electrons. The minimum absolute atomic E-state index is 0. The number of anilines is 1. The van der Waals surface area contributed by atoms with Gasteiger partial charge in [-0.25, -0.2) is 4.99 Å². The van der Waals surface area contributed by atoms with Gasteiger partial charge in [0.05, 0.1) is 20.8 Å². The van der Waals surface area contributed by atoms with Crippen LogP contribution in [0.5, 0.6) is 11.5 Å². The van der Waals surface area contributed by atoms with Gasteiger partial charge in [0, 0.05) is 25.3 Å². The van der Waals surface area contributed by atoms with E-state index in [-0.39, 0.29) is 24.0 Å². The first-order chi connectivity index (χ1) is 13.2. The smallest absolute Gasteiger partial charge is 0.189 e. The van der Waals surface area contributed by atoms with Gasteiger partial charge in [0.15, 0.2) is 17.5 Å². The van der Waals surface area contributed by atoms with E-state index in [2.05, 4.69) is 51.6 Å². The number of methoxy groups -OCH3 is 2. The van der Waals surface area contributed by atoms with Crippen molar-refractivity contribution in [2.75, 3.05) is 32.2 Å². The van der Waals surface area contributed by atoms with E-state index >= 15 is 0 Å². The molecule has 0 saturated carbocycles. The van der Waals surface area contributed by atoms with Crippen LogP contribution in [0.1, 0.15) is 11.1 Å². The van der Waals surface area contributed by atoms with E-state index in [1.807, 2.05) is 18.2 Å². The summed E-state index contributed by atoms with van der Waals surface area (Å²) < 4.78 is 10.6. The molecule has 0 bridgehead atoms. The SMILES string of the molecule is COc1ccc(CNC(N)=NCc2cccc(N3CC=CC3)c2)cc1OC.I. The summed E-state index contributed by atoms with van der Waals surface area (Å²) in [7, 11) is 3.24. The molecule has 6 nitrogen and oxygen atoms in total. The van der Waals surface area contributed by atoms with Gasteiger partial charge in [-0.1, -0.05) is 30.4 Å². The van der Waals surface area contributed by atoms with Crippen molar-refractivity contribution in [2.45, 2.75) is 13.1 Å². The summed E-state index contributed by atoms with van der Waals surface area (Å²) in [6, 6.07) is 14.2. The van der Waals surface area contributed by atoms with Crippen molar-refractivity contribution in [2.24, 2.45) is 10.7 Å². The maximum atomic E-state index is 6.02. The second-order valence-electron chi connectivity index (χ2n) is 6.29. The lowest BCUT2D eigenvalue weighted by atomic mass is 10.2. The Balaban J connectivity index is 0.00000280. The van der Waals surface area contributed by atoms with Crippen LogP contribution < -0.4 is 25.4 Å². The van der Waals surface area contributed by atoms with Crippen molar-refractivity contribution in [1.82, 2.24) is 5.32 Å². The molecule has 0 atom stereocenters. The van der Waals surface area contributed by atoms with Crippen LogP contribution >= 0.6 is 24.0 Å². The Bertz CT molecular complexity index is 831. The average Bonchev–Trinajstić information content (AvgIpc) is 3.25. The summed E-state index contributed by atoms with van der Waals surface area (Å²) in [5.74, 6) is 1.81. The van der Waals surface area contributed by atoms with E-state index in [4.69, 9.17) is 15.2 Å². The standard InChI is InChI=1S/C21H26N4O2.HI/c1-26-19-9-8-17(13-20(19)27-2)15-24-21(22)23-14-16-6-5-7-18(12-16)25-10-3-4-11-25;/h3-9,12-13H,10-11,14-15H2,1-2H3,(H3,22,23,24);1H. The van der Waals surface area contributed by atoms with Crippen LogP contribution in [0.15, 0.2) is 59.6 Å². The summed E-state index contributed by atoms with van der Waals surface area (Å²) in [4.78, 5) is 6.76. The molecule has 0 amide bonds. The largest absolute Gasteiger partial charge is 0.493 e. The number of rotatable bonds is 7. The zero-order chi connectivity index (χ0) is 19.1. The van der Waals surface area contributed by atoms with Crippen LogP contribution in [0.3, 0.4) is 0 Å². The maximum absolute atomic E-state index is 6.02. The number of hydrogen-bond acceptors (Lipinski definition) is 4. The molecule has 7 heteroatoms. The first kappa shape index (κ1) is 21.9. The van der Waals surface area contributed by atoms with Gasteiger partial charge >= 0.3 is 0 Å². The molecular weight excluding hydrogens is 467 g/mol. The molecule has 0 fully saturated rings. The van der Waals surface area contributed by atoms with Crippen LogP contribution in [0, 0.1) is 0 Å². The summed E-state index contributed by atoms with van der Waals surface area (Å²) in [6.07, 6.45) is 4.36. The summed E-state index contributed by atoms with van der Waals surface area (Å²) >= 11 is 0. The molecule has 1 aliphatic heterocycles. The predicted octanol–water partition coefficient (Wildman–Crippen LogP) is 3.30. The van der Waals surface area contributed by atoms with E-state index in [0.29, 0.717) is 30.5 Å². The van der Waals surface area contributed by atoms with Crippen LogP contribution in [0.25, 0.3) is 0 Å². The Morgan fingerprint density at radius 2 is 1.79 bits per heavy atom. The lowest BCUT2D eigenvalue weighted by molar-refractivity contribution is 0.354. The normalized spacial score (nSPS) is 13.2. The van der Waals surface area contributed by atoms with Crippen LogP contribution in [0.4, 0.5) is 5.69 Å². The molecule has 0 unspecified atom stereocenters. The number of nitrogens with one attached hydrogen (secondary N) is 1. The minimum Gasteiger partial charge on any atom is -0.493 e.